The first-order valence-corrected chi connectivity index (χ1v) is 19.2. The van der Waals surface area contributed by atoms with Gasteiger partial charge >= 0.3 is 11.9 Å². The van der Waals surface area contributed by atoms with Crippen molar-refractivity contribution in [2.45, 2.75) is 68.8 Å². The molecular formula is C38H48Cl2N4O15. The number of fused-ring (bicyclic) bond motifs is 4. The number of esters is 2. The quantitative estimate of drug-likeness (QED) is 0.0936. The zero-order valence-electron chi connectivity index (χ0n) is 32.1. The molecule has 0 aliphatic carbocycles. The first-order chi connectivity index (χ1) is 27.7. The van der Waals surface area contributed by atoms with Crippen LogP contribution in [0.3, 0.4) is 0 Å². The number of ether oxygens (including phenoxy) is 4. The molecule has 2 aromatic rings. The van der Waals surface area contributed by atoms with Crippen molar-refractivity contribution in [1.29, 1.82) is 0 Å². The van der Waals surface area contributed by atoms with Gasteiger partial charge in [-0.2, -0.15) is 0 Å². The molecule has 19 nitrogen and oxygen atoms in total. The number of nitrogens with one attached hydrogen (secondary N) is 4. The molecule has 2 aromatic carbocycles. The Hall–Kier alpha value is -4.89. The largest absolute Gasteiger partial charge is 0.481 e. The van der Waals surface area contributed by atoms with Gasteiger partial charge in [-0.15, -0.1) is 23.2 Å². The van der Waals surface area contributed by atoms with Crippen LogP contribution in [0.15, 0.2) is 60.7 Å². The van der Waals surface area contributed by atoms with E-state index < -0.39 is 114 Å². The summed E-state index contributed by atoms with van der Waals surface area (Å²) >= 11 is 10.9. The second-order valence-electron chi connectivity index (χ2n) is 13.5. The van der Waals surface area contributed by atoms with Crippen LogP contribution in [-0.4, -0.2) is 137 Å². The Bertz CT molecular complexity index is 1770. The van der Waals surface area contributed by atoms with Gasteiger partial charge in [0, 0.05) is 34.1 Å². The minimum absolute atomic E-state index is 0. The van der Waals surface area contributed by atoms with Gasteiger partial charge < -0.3 is 61.0 Å². The molecule has 4 amide bonds. The molecule has 4 bridgehead atoms. The maximum Gasteiger partial charge on any atom is 0.321 e. The lowest BCUT2D eigenvalue weighted by Gasteiger charge is -2.33. The molecule has 6 rings (SSSR count). The van der Waals surface area contributed by atoms with Crippen LogP contribution in [0.4, 0.5) is 0 Å². The molecule has 4 fully saturated rings. The molecule has 59 heavy (non-hydrogen) atoms. The van der Waals surface area contributed by atoms with Gasteiger partial charge in [-0.3, -0.25) is 33.6 Å². The molecule has 4 saturated heterocycles. The number of hydrogen-bond acceptors (Lipinski definition) is 13. The van der Waals surface area contributed by atoms with Crippen LogP contribution < -0.4 is 21.3 Å². The lowest BCUT2D eigenvalue weighted by Crippen LogP contribution is -2.56. The maximum atomic E-state index is 12.8. The minimum atomic E-state index is -1.21. The van der Waals surface area contributed by atoms with Gasteiger partial charge in [0.05, 0.1) is 23.7 Å². The number of rotatable bonds is 12. The number of carbonyl (C=O) groups is 7. The summed E-state index contributed by atoms with van der Waals surface area (Å²) in [5.41, 5.74) is 1.80. The molecule has 9 N–H and O–H groups in total. The lowest BCUT2D eigenvalue weighted by atomic mass is 9.75. The van der Waals surface area contributed by atoms with Crippen molar-refractivity contribution in [3.8, 4) is 0 Å². The summed E-state index contributed by atoms with van der Waals surface area (Å²) in [6, 6.07) is 18.6. The number of carbonyl (C=O) groups excluding carboxylic acids is 6. The molecule has 12 atom stereocenters. The molecular weight excluding hydrogens is 823 g/mol. The van der Waals surface area contributed by atoms with E-state index in [0.717, 1.165) is 18.1 Å². The van der Waals surface area contributed by atoms with Crippen molar-refractivity contribution < 1.29 is 73.3 Å². The molecule has 4 heterocycles. The Morgan fingerprint density at radius 1 is 0.593 bits per heavy atom. The first-order valence-electron chi connectivity index (χ1n) is 18.1. The van der Waals surface area contributed by atoms with Crippen molar-refractivity contribution in [3.05, 3.63) is 71.8 Å². The highest BCUT2D eigenvalue weighted by atomic mass is 35.5. The molecule has 0 saturated carbocycles. The van der Waals surface area contributed by atoms with E-state index in [1.54, 1.807) is 0 Å². The van der Waals surface area contributed by atoms with E-state index in [-0.39, 0.29) is 30.3 Å². The molecule has 4 aliphatic rings. The SMILES string of the molecule is CC(=O)O.CNC(=O)C1C(C(=O)NCc2ccccc2)C2O[C@@H]1[C@@H](O)C2OC(=O)CCl.CNC(=O)C1C(C(=O)NCc2ccccc2)C2O[C@@H]1[C@@H](OC(=O)CCl)C2O.O. The van der Waals surface area contributed by atoms with Gasteiger partial charge in [0.15, 0.2) is 12.2 Å². The minimum Gasteiger partial charge on any atom is -0.481 e. The number of aliphatic carboxylic acids is 1. The predicted octanol–water partition coefficient (Wildman–Crippen LogP) is -1.59. The van der Waals surface area contributed by atoms with Crippen molar-refractivity contribution in [2.24, 2.45) is 23.7 Å². The Morgan fingerprint density at radius 3 is 1.22 bits per heavy atom. The number of aliphatic hydroxyl groups excluding tert-OH is 2. The highest BCUT2D eigenvalue weighted by Crippen LogP contribution is 2.46. The van der Waals surface area contributed by atoms with E-state index >= 15 is 0 Å². The summed E-state index contributed by atoms with van der Waals surface area (Å²) < 4.78 is 21.6. The maximum absolute atomic E-state index is 12.8. The highest BCUT2D eigenvalue weighted by molar-refractivity contribution is 6.26. The standard InChI is InChI=1S/2C18H21ClN2O6.C2H4O2.H2O/c1-20-17(24)12-11(18(25)21-8-9-5-3-2-4-6-9)14-13(23)16(15(12)27-14)26-10(22)7-19;1-20-17(24)11-12(18(25)21-8-9-5-3-2-4-6-9)15-16(26-10(22)7-19)13(23)14(11)27-15;1-2(3)4;/h2*2-6,11-16,23H,7-8H2,1H3,(H,20,24)(H,21,25);1H3,(H,3,4);1H2/t11?,12?,13?,14?,15-,16-;11?,12?,13-,14+,15?,16?;;/m01../s1. The fourth-order valence-electron chi connectivity index (χ4n) is 7.46. The average molecular weight is 872 g/mol. The number of carboxylic acid groups (broad SMARTS) is 1. The fraction of sp³-hybridized carbons (Fsp3) is 0.500. The second kappa shape index (κ2) is 22.5. The van der Waals surface area contributed by atoms with Crippen molar-refractivity contribution in [1.82, 2.24) is 21.3 Å². The lowest BCUT2D eigenvalue weighted by molar-refractivity contribution is -0.159. The summed E-state index contributed by atoms with van der Waals surface area (Å²) in [6.45, 7) is 1.65. The van der Waals surface area contributed by atoms with Crippen molar-refractivity contribution in [2.75, 3.05) is 25.9 Å². The average Bonchev–Trinajstić information content (AvgIpc) is 3.98. The second-order valence-corrected chi connectivity index (χ2v) is 14.1. The number of carboxylic acids is 1. The number of halogens is 2. The van der Waals surface area contributed by atoms with E-state index in [1.165, 1.54) is 14.1 Å². The van der Waals surface area contributed by atoms with Gasteiger partial charge in [-0.1, -0.05) is 60.7 Å². The number of aliphatic hydroxyl groups is 2. The van der Waals surface area contributed by atoms with Gasteiger partial charge in [0.25, 0.3) is 5.97 Å². The van der Waals surface area contributed by atoms with Crippen LogP contribution in [0.1, 0.15) is 18.1 Å². The molecule has 4 aliphatic heterocycles. The number of hydrogen-bond donors (Lipinski definition) is 7. The Morgan fingerprint density at radius 2 is 0.898 bits per heavy atom. The summed E-state index contributed by atoms with van der Waals surface area (Å²) in [5, 5.41) is 38.8. The third-order valence-electron chi connectivity index (χ3n) is 9.89. The van der Waals surface area contributed by atoms with Crippen molar-refractivity contribution >= 4 is 64.7 Å². The Labute approximate surface area is 348 Å². The van der Waals surface area contributed by atoms with E-state index in [1.807, 2.05) is 60.7 Å². The summed E-state index contributed by atoms with van der Waals surface area (Å²) in [4.78, 5) is 82.3. The third kappa shape index (κ3) is 11.7. The first kappa shape index (κ1) is 48.5. The van der Waals surface area contributed by atoms with E-state index in [9.17, 15) is 39.0 Å². The van der Waals surface area contributed by atoms with Gasteiger partial charge in [0.2, 0.25) is 23.6 Å². The van der Waals surface area contributed by atoms with Crippen LogP contribution in [0.25, 0.3) is 0 Å². The highest BCUT2D eigenvalue weighted by Gasteiger charge is 2.66. The van der Waals surface area contributed by atoms with E-state index in [2.05, 4.69) is 21.3 Å². The molecule has 21 heteroatoms. The van der Waals surface area contributed by atoms with Crippen LogP contribution in [0.2, 0.25) is 0 Å². The topological polar surface area (TPSA) is 297 Å². The Kier molecular flexibility index (Phi) is 18.5. The molecule has 8 unspecified atom stereocenters. The number of alkyl halides is 2. The Balaban J connectivity index is 0.000000285. The summed E-state index contributed by atoms with van der Waals surface area (Å²) in [5.74, 6) is -8.23. The smallest absolute Gasteiger partial charge is 0.321 e. The van der Waals surface area contributed by atoms with E-state index in [0.29, 0.717) is 0 Å². The van der Waals surface area contributed by atoms with Gasteiger partial charge in [0.1, 0.15) is 48.4 Å². The van der Waals surface area contributed by atoms with Crippen molar-refractivity contribution in [3.63, 3.8) is 0 Å². The molecule has 0 aromatic heterocycles. The van der Waals surface area contributed by atoms with Crippen LogP contribution >= 0.6 is 23.2 Å². The van der Waals surface area contributed by atoms with Crippen LogP contribution in [0, 0.1) is 23.7 Å². The number of benzene rings is 2. The fourth-order valence-corrected chi connectivity index (χ4v) is 7.59. The normalized spacial score (nSPS) is 29.1. The predicted molar refractivity (Wildman–Crippen MR) is 206 cm³/mol. The summed E-state index contributed by atoms with van der Waals surface area (Å²) in [6.07, 6.45) is -8.22. The van der Waals surface area contributed by atoms with Gasteiger partial charge in [-0.25, -0.2) is 0 Å². The molecule has 0 spiro atoms. The third-order valence-corrected chi connectivity index (χ3v) is 10.3. The van der Waals surface area contributed by atoms with E-state index in [4.69, 9.17) is 52.1 Å². The molecule has 324 valence electrons. The monoisotopic (exact) mass is 870 g/mol. The van der Waals surface area contributed by atoms with Gasteiger partial charge in [-0.05, 0) is 11.1 Å². The number of amides is 4. The zero-order chi connectivity index (χ0) is 42.7. The summed E-state index contributed by atoms with van der Waals surface area (Å²) in [7, 11) is 2.90. The van der Waals surface area contributed by atoms with Crippen LogP contribution in [-0.2, 0) is 65.6 Å². The zero-order valence-corrected chi connectivity index (χ0v) is 33.6. The van der Waals surface area contributed by atoms with Crippen LogP contribution in [0.5, 0.6) is 0 Å². The molecule has 0 radical (unpaired) electrons.